The number of fused-ring (bicyclic) bond motifs is 3. The second kappa shape index (κ2) is 14.7. The quantitative estimate of drug-likeness (QED) is 0.150. The second-order valence-electron chi connectivity index (χ2n) is 15.8. The number of anilines is 3. The third-order valence-electron chi connectivity index (χ3n) is 11.9. The van der Waals surface area contributed by atoms with E-state index in [2.05, 4.69) is 243 Å². The van der Waals surface area contributed by atoms with Crippen LogP contribution in [0.15, 0.2) is 224 Å². The first kappa shape index (κ1) is 35.2. The number of nitrogens with zero attached hydrogens (tertiary/aromatic N) is 1. The van der Waals surface area contributed by atoms with E-state index in [1.807, 2.05) is 0 Å². The van der Waals surface area contributed by atoms with Gasteiger partial charge in [-0.1, -0.05) is 196 Å². The zero-order chi connectivity index (χ0) is 39.1. The Labute approximate surface area is 342 Å². The van der Waals surface area contributed by atoms with Crippen molar-refractivity contribution in [2.45, 2.75) is 19.3 Å². The first-order valence-electron chi connectivity index (χ1n) is 20.2. The summed E-state index contributed by atoms with van der Waals surface area (Å²) >= 11 is 0. The molecule has 0 unspecified atom stereocenters. The minimum absolute atomic E-state index is 0.121. The molecule has 1 aliphatic carbocycles. The first-order chi connectivity index (χ1) is 28.5. The van der Waals surface area contributed by atoms with Crippen molar-refractivity contribution in [2.75, 3.05) is 4.90 Å². The van der Waals surface area contributed by atoms with E-state index in [0.717, 1.165) is 17.1 Å². The fourth-order valence-electron chi connectivity index (χ4n) is 8.84. The van der Waals surface area contributed by atoms with Crippen LogP contribution in [0, 0.1) is 0 Å². The average molecular weight is 742 g/mol. The molecule has 276 valence electrons. The zero-order valence-electron chi connectivity index (χ0n) is 32.8. The van der Waals surface area contributed by atoms with Crippen molar-refractivity contribution >= 4 is 17.1 Å². The van der Waals surface area contributed by atoms with E-state index >= 15 is 0 Å². The van der Waals surface area contributed by atoms with Crippen molar-refractivity contribution in [3.8, 4) is 66.8 Å². The molecule has 0 fully saturated rings. The minimum Gasteiger partial charge on any atom is -0.310 e. The molecule has 10 rings (SSSR count). The normalized spacial score (nSPS) is 12.4. The number of benzene rings is 9. The highest BCUT2D eigenvalue weighted by Gasteiger charge is 2.35. The van der Waals surface area contributed by atoms with E-state index in [0.29, 0.717) is 0 Å². The van der Waals surface area contributed by atoms with Gasteiger partial charge in [0.2, 0.25) is 0 Å². The van der Waals surface area contributed by atoms with Gasteiger partial charge in [-0.25, -0.2) is 0 Å². The van der Waals surface area contributed by atoms with Gasteiger partial charge in [0.15, 0.2) is 0 Å². The molecule has 0 spiro atoms. The van der Waals surface area contributed by atoms with Gasteiger partial charge in [-0.3, -0.25) is 0 Å². The standard InChI is InChI=1S/C57H43N/c1-57(2)55-24-13-12-23-52(55)53-36-34-50(39-56(53)57)58(48-31-29-44(30-32-48)41-17-8-4-9-18-41)49-33-35-51(47-22-14-21-46(37-47)42-19-10-5-11-20-42)54(38-49)45-27-25-43(26-28-45)40-15-6-3-7-16-40/h3-39H,1-2H3. The van der Waals surface area contributed by atoms with Gasteiger partial charge in [0.05, 0.1) is 0 Å². The van der Waals surface area contributed by atoms with Crippen LogP contribution in [0.3, 0.4) is 0 Å². The highest BCUT2D eigenvalue weighted by molar-refractivity contribution is 5.92. The fourth-order valence-corrected chi connectivity index (χ4v) is 8.84. The van der Waals surface area contributed by atoms with Crippen LogP contribution in [0.25, 0.3) is 66.8 Å². The van der Waals surface area contributed by atoms with E-state index < -0.39 is 0 Å². The Hall–Kier alpha value is -7.22. The van der Waals surface area contributed by atoms with Gasteiger partial charge in [0.1, 0.15) is 0 Å². The predicted molar refractivity (Wildman–Crippen MR) is 246 cm³/mol. The molecule has 0 radical (unpaired) electrons. The summed E-state index contributed by atoms with van der Waals surface area (Å²) in [6.45, 7) is 4.71. The van der Waals surface area contributed by atoms with Gasteiger partial charge in [0.25, 0.3) is 0 Å². The molecule has 1 aliphatic rings. The molecule has 0 saturated heterocycles. The Balaban J connectivity index is 1.15. The maximum absolute atomic E-state index is 2.43. The molecular formula is C57H43N. The maximum Gasteiger partial charge on any atom is 0.0468 e. The van der Waals surface area contributed by atoms with Crippen LogP contribution >= 0.6 is 0 Å². The van der Waals surface area contributed by atoms with E-state index in [1.54, 1.807) is 0 Å². The molecule has 1 nitrogen and oxygen atoms in total. The molecule has 0 aliphatic heterocycles. The van der Waals surface area contributed by atoms with Gasteiger partial charge in [-0.2, -0.15) is 0 Å². The highest BCUT2D eigenvalue weighted by Crippen LogP contribution is 2.51. The van der Waals surface area contributed by atoms with Gasteiger partial charge < -0.3 is 4.90 Å². The topological polar surface area (TPSA) is 3.24 Å². The fraction of sp³-hybridized carbons (Fsp3) is 0.0526. The molecule has 0 amide bonds. The molecule has 0 atom stereocenters. The van der Waals surface area contributed by atoms with Crippen LogP contribution in [-0.2, 0) is 5.41 Å². The van der Waals surface area contributed by atoms with Crippen molar-refractivity contribution in [1.29, 1.82) is 0 Å². The first-order valence-corrected chi connectivity index (χ1v) is 20.2. The summed E-state index contributed by atoms with van der Waals surface area (Å²) < 4.78 is 0. The monoisotopic (exact) mass is 741 g/mol. The van der Waals surface area contributed by atoms with Crippen molar-refractivity contribution in [2.24, 2.45) is 0 Å². The van der Waals surface area contributed by atoms with E-state index in [9.17, 15) is 0 Å². The van der Waals surface area contributed by atoms with Crippen LogP contribution in [-0.4, -0.2) is 0 Å². The Morgan fingerprint density at radius 1 is 0.259 bits per heavy atom. The zero-order valence-corrected chi connectivity index (χ0v) is 32.8. The van der Waals surface area contributed by atoms with Gasteiger partial charge in [0, 0.05) is 22.5 Å². The summed E-state index contributed by atoms with van der Waals surface area (Å²) in [7, 11) is 0. The molecule has 58 heavy (non-hydrogen) atoms. The number of rotatable bonds is 8. The molecule has 9 aromatic rings. The van der Waals surface area contributed by atoms with Crippen LogP contribution < -0.4 is 4.90 Å². The summed E-state index contributed by atoms with van der Waals surface area (Å²) in [5.41, 5.74) is 20.6. The average Bonchev–Trinajstić information content (AvgIpc) is 3.53. The molecule has 0 N–H and O–H groups in total. The lowest BCUT2D eigenvalue weighted by atomic mass is 9.82. The Bertz CT molecular complexity index is 2870. The van der Waals surface area contributed by atoms with Crippen LogP contribution in [0.1, 0.15) is 25.0 Å². The third-order valence-corrected chi connectivity index (χ3v) is 11.9. The lowest BCUT2D eigenvalue weighted by Crippen LogP contribution is -2.16. The molecule has 1 heteroatoms. The second-order valence-corrected chi connectivity index (χ2v) is 15.8. The van der Waals surface area contributed by atoms with Crippen molar-refractivity contribution in [3.63, 3.8) is 0 Å². The Morgan fingerprint density at radius 3 is 1.33 bits per heavy atom. The van der Waals surface area contributed by atoms with Crippen molar-refractivity contribution in [1.82, 2.24) is 0 Å². The maximum atomic E-state index is 2.43. The van der Waals surface area contributed by atoms with Crippen LogP contribution in [0.5, 0.6) is 0 Å². The molecule has 0 aromatic heterocycles. The summed E-state index contributed by atoms with van der Waals surface area (Å²) in [6.07, 6.45) is 0. The lowest BCUT2D eigenvalue weighted by molar-refractivity contribution is 0.660. The van der Waals surface area contributed by atoms with Crippen LogP contribution in [0.4, 0.5) is 17.1 Å². The molecular weight excluding hydrogens is 699 g/mol. The summed E-state index contributed by atoms with van der Waals surface area (Å²) in [5.74, 6) is 0. The van der Waals surface area contributed by atoms with Crippen molar-refractivity contribution < 1.29 is 0 Å². The third kappa shape index (κ3) is 6.41. The van der Waals surface area contributed by atoms with Crippen LogP contribution in [0.2, 0.25) is 0 Å². The molecule has 0 heterocycles. The molecule has 0 saturated carbocycles. The van der Waals surface area contributed by atoms with Gasteiger partial charge in [-0.15, -0.1) is 0 Å². The number of hydrogen-bond donors (Lipinski definition) is 0. The van der Waals surface area contributed by atoms with E-state index in [4.69, 9.17) is 0 Å². The van der Waals surface area contributed by atoms with E-state index in [1.165, 1.54) is 77.9 Å². The van der Waals surface area contributed by atoms with Gasteiger partial charge in [-0.05, 0) is 120 Å². The summed E-state index contributed by atoms with van der Waals surface area (Å²) in [4.78, 5) is 2.43. The smallest absolute Gasteiger partial charge is 0.0468 e. The Morgan fingerprint density at radius 2 is 0.690 bits per heavy atom. The summed E-state index contributed by atoms with van der Waals surface area (Å²) in [5, 5.41) is 0. The minimum atomic E-state index is -0.121. The van der Waals surface area contributed by atoms with Gasteiger partial charge >= 0.3 is 0 Å². The highest BCUT2D eigenvalue weighted by atomic mass is 15.1. The largest absolute Gasteiger partial charge is 0.310 e. The van der Waals surface area contributed by atoms with E-state index in [-0.39, 0.29) is 5.41 Å². The number of hydrogen-bond acceptors (Lipinski definition) is 1. The SMILES string of the molecule is CC1(C)c2ccccc2-c2ccc(N(c3ccc(-c4ccccc4)cc3)c3ccc(-c4cccc(-c5ccccc5)c4)c(-c4ccc(-c5ccccc5)cc4)c3)cc21. The molecule has 0 bridgehead atoms. The van der Waals surface area contributed by atoms with Crippen molar-refractivity contribution in [3.05, 3.63) is 236 Å². The summed E-state index contributed by atoms with van der Waals surface area (Å²) in [6, 6.07) is 81.9. The lowest BCUT2D eigenvalue weighted by Gasteiger charge is -2.29. The molecule has 9 aromatic carbocycles. The predicted octanol–water partition coefficient (Wildman–Crippen LogP) is 15.8. The Kier molecular flexibility index (Phi) is 8.92.